The third-order valence-corrected chi connectivity index (χ3v) is 1.30. The van der Waals surface area contributed by atoms with Gasteiger partial charge in [0.2, 0.25) is 0 Å². The van der Waals surface area contributed by atoms with Crippen LogP contribution in [0.2, 0.25) is 0 Å². The van der Waals surface area contributed by atoms with Gasteiger partial charge in [0.25, 0.3) is 0 Å². The molecule has 0 aliphatic carbocycles. The van der Waals surface area contributed by atoms with Gasteiger partial charge in [-0.25, -0.2) is 0 Å². The summed E-state index contributed by atoms with van der Waals surface area (Å²) < 4.78 is 10.3. The Hall–Kier alpha value is -0.440. The van der Waals surface area contributed by atoms with Crippen LogP contribution in [0.4, 0.5) is 0 Å². The fraction of sp³-hybridized carbons (Fsp3) is 0.250. The lowest BCUT2D eigenvalue weighted by Gasteiger charge is -1.85. The van der Waals surface area contributed by atoms with Crippen LogP contribution in [0, 0.1) is 0 Å². The molecule has 0 bridgehead atoms. The van der Waals surface area contributed by atoms with Crippen LogP contribution in [0.3, 0.4) is 0 Å². The van der Waals surface area contributed by atoms with E-state index >= 15 is 0 Å². The molecule has 0 aromatic carbocycles. The van der Waals surface area contributed by atoms with E-state index in [4.69, 9.17) is 0 Å². The average Bonchev–Trinajstić information content (AvgIpc) is 1.65. The van der Waals surface area contributed by atoms with Gasteiger partial charge in [0.1, 0.15) is 5.03 Å². The molecule has 0 aromatic rings. The Morgan fingerprint density at radius 1 is 1.86 bits per heavy atom. The fourth-order valence-corrected chi connectivity index (χ4v) is 0.273. The summed E-state index contributed by atoms with van der Waals surface area (Å²) in [5, 5.41) is 0.333. The summed E-state index contributed by atoms with van der Waals surface area (Å²) >= 11 is 0. The second kappa shape index (κ2) is 2.69. The van der Waals surface area contributed by atoms with Gasteiger partial charge in [-0.2, -0.15) is 0 Å². The maximum atomic E-state index is 10.3. The molecule has 0 fully saturated rings. The van der Waals surface area contributed by atoms with Gasteiger partial charge in [-0.3, -0.25) is 9.20 Å². The van der Waals surface area contributed by atoms with Gasteiger partial charge in [-0.15, -0.1) is 0 Å². The first-order valence-corrected chi connectivity index (χ1v) is 3.23. The summed E-state index contributed by atoms with van der Waals surface area (Å²) in [5.74, 6) is 0. The minimum absolute atomic E-state index is 0.333. The zero-order valence-corrected chi connectivity index (χ0v) is 4.99. The molecule has 40 valence electrons. The fourth-order valence-electron chi connectivity index (χ4n) is 0.0909. The maximum Gasteiger partial charge on any atom is 0.119 e. The van der Waals surface area contributed by atoms with Gasteiger partial charge in [0, 0.05) is 6.26 Å². The first-order valence-electron chi connectivity index (χ1n) is 1.67. The Morgan fingerprint density at radius 2 is 2.29 bits per heavy atom. The van der Waals surface area contributed by atoms with Gasteiger partial charge in [0.05, 0.1) is 10.8 Å². The zero-order valence-electron chi connectivity index (χ0n) is 4.18. The Bertz CT molecular complexity index is 119. The van der Waals surface area contributed by atoms with Crippen LogP contribution in [-0.2, 0) is 10.8 Å². The molecule has 0 rings (SSSR count). The van der Waals surface area contributed by atoms with E-state index in [0.717, 1.165) is 0 Å². The van der Waals surface area contributed by atoms with Crippen LogP contribution in [0.5, 0.6) is 0 Å². The van der Waals surface area contributed by atoms with Crippen LogP contribution in [0.25, 0.3) is 0 Å². The number of rotatable bonds is 2. The van der Waals surface area contributed by atoms with Crippen LogP contribution in [0.15, 0.2) is 16.6 Å². The normalized spacial score (nSPS) is 12.7. The van der Waals surface area contributed by atoms with E-state index in [-0.39, 0.29) is 0 Å². The first kappa shape index (κ1) is 6.56. The van der Waals surface area contributed by atoms with E-state index in [9.17, 15) is 4.21 Å². The topological polar surface area (TPSA) is 29.4 Å². The second-order valence-electron chi connectivity index (χ2n) is 1.01. The van der Waals surface area contributed by atoms with Crippen molar-refractivity contribution in [3.05, 3.63) is 11.6 Å². The largest absolute Gasteiger partial charge is 0.256 e. The lowest BCUT2D eigenvalue weighted by atomic mass is 11.0. The average molecular weight is 117 g/mol. The Kier molecular flexibility index (Phi) is 2.52. The summed E-state index contributed by atoms with van der Waals surface area (Å²) in [6, 6.07) is 0. The van der Waals surface area contributed by atoms with Gasteiger partial charge >= 0.3 is 0 Å². The standard InChI is InChI=1S/C4H7NOS/c1-4(5-2)7(3)6/h1-2H2,3H3/t7-/m0/s1. The van der Waals surface area contributed by atoms with E-state index in [1.165, 1.54) is 6.26 Å². The van der Waals surface area contributed by atoms with Crippen molar-refractivity contribution >= 4 is 17.5 Å². The number of hydrogen-bond acceptors (Lipinski definition) is 2. The van der Waals surface area contributed by atoms with Crippen LogP contribution in [0.1, 0.15) is 0 Å². The molecule has 0 heterocycles. The predicted octanol–water partition coefficient (Wildman–Crippen LogP) is 0.537. The summed E-state index contributed by atoms with van der Waals surface area (Å²) in [4.78, 5) is 3.34. The molecule has 0 aromatic heterocycles. The lowest BCUT2D eigenvalue weighted by Crippen LogP contribution is -1.83. The van der Waals surface area contributed by atoms with Crippen molar-refractivity contribution in [3.63, 3.8) is 0 Å². The number of hydrogen-bond donors (Lipinski definition) is 0. The van der Waals surface area contributed by atoms with Crippen molar-refractivity contribution in [2.45, 2.75) is 0 Å². The summed E-state index contributed by atoms with van der Waals surface area (Å²) in [7, 11) is -1.03. The molecule has 0 saturated carbocycles. The zero-order chi connectivity index (χ0) is 5.86. The van der Waals surface area contributed by atoms with E-state index in [1.54, 1.807) is 0 Å². The number of aliphatic imine (C=N–C) groups is 1. The van der Waals surface area contributed by atoms with E-state index < -0.39 is 10.8 Å². The minimum atomic E-state index is -1.03. The molecule has 0 saturated heterocycles. The highest BCUT2D eigenvalue weighted by Gasteiger charge is 1.88. The minimum Gasteiger partial charge on any atom is -0.256 e. The Labute approximate surface area is 45.4 Å². The highest BCUT2D eigenvalue weighted by atomic mass is 32.2. The molecule has 3 heteroatoms. The Morgan fingerprint density at radius 3 is 2.29 bits per heavy atom. The maximum absolute atomic E-state index is 10.3. The first-order chi connectivity index (χ1) is 3.18. The van der Waals surface area contributed by atoms with Crippen molar-refractivity contribution < 1.29 is 4.21 Å². The van der Waals surface area contributed by atoms with Crippen molar-refractivity contribution in [1.82, 2.24) is 0 Å². The van der Waals surface area contributed by atoms with E-state index in [2.05, 4.69) is 18.3 Å². The summed E-state index contributed by atoms with van der Waals surface area (Å²) in [6.07, 6.45) is 1.51. The molecular weight excluding hydrogens is 110 g/mol. The Balaban J connectivity index is 3.81. The lowest BCUT2D eigenvalue weighted by molar-refractivity contribution is 0.690. The van der Waals surface area contributed by atoms with Crippen molar-refractivity contribution in [1.29, 1.82) is 0 Å². The molecule has 7 heavy (non-hydrogen) atoms. The molecule has 0 aliphatic rings. The molecular formula is C4H7NOS. The summed E-state index contributed by atoms with van der Waals surface area (Å²) in [6.45, 7) is 6.48. The van der Waals surface area contributed by atoms with Crippen molar-refractivity contribution in [3.8, 4) is 0 Å². The predicted molar refractivity (Wildman–Crippen MR) is 32.8 cm³/mol. The monoisotopic (exact) mass is 117 g/mol. The van der Waals surface area contributed by atoms with Gasteiger partial charge in [-0.05, 0) is 6.72 Å². The SMILES string of the molecule is C=NC(=C)[S@](C)=O. The van der Waals surface area contributed by atoms with Crippen molar-refractivity contribution in [2.75, 3.05) is 6.26 Å². The quantitative estimate of drug-likeness (QED) is 0.485. The van der Waals surface area contributed by atoms with Crippen LogP contribution < -0.4 is 0 Å². The molecule has 1 atom stereocenters. The highest BCUT2D eigenvalue weighted by Crippen LogP contribution is 1.92. The molecule has 0 N–H and O–H groups in total. The second-order valence-corrected chi connectivity index (χ2v) is 2.39. The molecule has 0 unspecified atom stereocenters. The molecule has 0 spiro atoms. The summed E-state index contributed by atoms with van der Waals surface area (Å²) in [5.41, 5.74) is 0. The van der Waals surface area contributed by atoms with Crippen LogP contribution in [-0.4, -0.2) is 17.2 Å². The molecule has 0 radical (unpaired) electrons. The van der Waals surface area contributed by atoms with Crippen LogP contribution >= 0.6 is 0 Å². The van der Waals surface area contributed by atoms with E-state index in [1.807, 2.05) is 0 Å². The molecule has 0 amide bonds. The molecule has 0 aliphatic heterocycles. The third-order valence-electron chi connectivity index (χ3n) is 0.508. The van der Waals surface area contributed by atoms with Gasteiger partial charge in [0.15, 0.2) is 0 Å². The highest BCUT2D eigenvalue weighted by molar-refractivity contribution is 7.88. The van der Waals surface area contributed by atoms with Gasteiger partial charge in [-0.1, -0.05) is 6.58 Å². The van der Waals surface area contributed by atoms with Crippen molar-refractivity contribution in [2.24, 2.45) is 4.99 Å². The number of nitrogens with zero attached hydrogens (tertiary/aromatic N) is 1. The third kappa shape index (κ3) is 2.28. The van der Waals surface area contributed by atoms with Gasteiger partial charge < -0.3 is 0 Å². The smallest absolute Gasteiger partial charge is 0.119 e. The van der Waals surface area contributed by atoms with E-state index in [0.29, 0.717) is 5.03 Å². The molecule has 2 nitrogen and oxygen atoms in total.